The summed E-state index contributed by atoms with van der Waals surface area (Å²) in [7, 11) is 0. The van der Waals surface area contributed by atoms with Gasteiger partial charge in [0, 0.05) is 13.0 Å². The van der Waals surface area contributed by atoms with Crippen molar-refractivity contribution in [2.24, 2.45) is 5.73 Å². The Kier molecular flexibility index (Phi) is 4.92. The molecule has 0 fully saturated rings. The minimum absolute atomic E-state index is 0.119. The fourth-order valence-corrected chi connectivity index (χ4v) is 1.47. The maximum absolute atomic E-state index is 12.0. The zero-order valence-corrected chi connectivity index (χ0v) is 11.5. The summed E-state index contributed by atoms with van der Waals surface area (Å²) in [6.07, 6.45) is 0.119. The summed E-state index contributed by atoms with van der Waals surface area (Å²) in [5.41, 5.74) is 5.08. The van der Waals surface area contributed by atoms with Gasteiger partial charge in [0.2, 0.25) is 5.91 Å². The number of primary amides is 1. The quantitative estimate of drug-likeness (QED) is 0.845. The van der Waals surface area contributed by atoms with Crippen LogP contribution in [0.1, 0.15) is 37.6 Å². The number of hydrogen-bond acceptors (Lipinski definition) is 3. The molecule has 0 bridgehead atoms. The number of hydrogen-bond donors (Lipinski definition) is 2. The van der Waals surface area contributed by atoms with E-state index in [0.717, 1.165) is 0 Å². The number of carbonyl (C=O) groups excluding carboxylic acids is 2. The Balaban J connectivity index is 2.76. The zero-order valence-electron chi connectivity index (χ0n) is 11.5. The van der Waals surface area contributed by atoms with Crippen LogP contribution >= 0.6 is 0 Å². The fourth-order valence-electron chi connectivity index (χ4n) is 1.47. The average Bonchev–Trinajstić information content (AvgIpc) is 2.26. The first-order chi connectivity index (χ1) is 8.79. The van der Waals surface area contributed by atoms with E-state index in [1.807, 2.05) is 20.8 Å². The van der Waals surface area contributed by atoms with Gasteiger partial charge in [-0.25, -0.2) is 0 Å². The number of para-hydroxylation sites is 1. The third-order valence-electron chi connectivity index (χ3n) is 2.20. The minimum Gasteiger partial charge on any atom is -0.487 e. The minimum atomic E-state index is -0.445. The zero-order chi connectivity index (χ0) is 14.5. The van der Waals surface area contributed by atoms with Crippen molar-refractivity contribution in [3.05, 3.63) is 29.8 Å². The van der Waals surface area contributed by atoms with E-state index < -0.39 is 5.91 Å². The number of nitrogens with two attached hydrogens (primary N) is 1. The van der Waals surface area contributed by atoms with Gasteiger partial charge in [0.25, 0.3) is 5.91 Å². The predicted molar refractivity (Wildman–Crippen MR) is 73.0 cm³/mol. The predicted octanol–water partition coefficient (Wildman–Crippen LogP) is 1.47. The first-order valence-corrected chi connectivity index (χ1v) is 6.14. The van der Waals surface area contributed by atoms with Crippen molar-refractivity contribution in [1.29, 1.82) is 0 Å². The van der Waals surface area contributed by atoms with Crippen LogP contribution < -0.4 is 15.8 Å². The highest BCUT2D eigenvalue weighted by molar-refractivity contribution is 5.97. The highest BCUT2D eigenvalue weighted by Crippen LogP contribution is 2.22. The molecule has 0 radical (unpaired) electrons. The van der Waals surface area contributed by atoms with Crippen molar-refractivity contribution in [3.63, 3.8) is 0 Å². The van der Waals surface area contributed by atoms with E-state index in [4.69, 9.17) is 10.5 Å². The van der Waals surface area contributed by atoms with E-state index in [2.05, 4.69) is 5.32 Å². The molecule has 0 atom stereocenters. The number of ether oxygens (including phenoxy) is 1. The molecule has 1 aromatic rings. The Morgan fingerprint density at radius 2 is 1.89 bits per heavy atom. The molecule has 2 amide bonds. The van der Waals surface area contributed by atoms with Crippen molar-refractivity contribution in [1.82, 2.24) is 5.32 Å². The molecule has 0 aliphatic heterocycles. The third kappa shape index (κ3) is 5.42. The average molecular weight is 264 g/mol. The topological polar surface area (TPSA) is 81.4 Å². The van der Waals surface area contributed by atoms with Crippen LogP contribution in [0.3, 0.4) is 0 Å². The Morgan fingerprint density at radius 3 is 2.47 bits per heavy atom. The van der Waals surface area contributed by atoms with Crippen LogP contribution in [0.5, 0.6) is 5.75 Å². The Morgan fingerprint density at radius 1 is 1.26 bits per heavy atom. The van der Waals surface area contributed by atoms with Gasteiger partial charge in [0.05, 0.1) is 5.56 Å². The Hall–Kier alpha value is -2.04. The van der Waals surface area contributed by atoms with Gasteiger partial charge in [-0.1, -0.05) is 12.1 Å². The lowest BCUT2D eigenvalue weighted by Crippen LogP contribution is -2.29. The highest BCUT2D eigenvalue weighted by atomic mass is 16.5. The molecule has 0 aliphatic carbocycles. The van der Waals surface area contributed by atoms with E-state index in [0.29, 0.717) is 11.3 Å². The summed E-state index contributed by atoms with van der Waals surface area (Å²) >= 11 is 0. The van der Waals surface area contributed by atoms with Gasteiger partial charge in [0.1, 0.15) is 11.4 Å². The van der Waals surface area contributed by atoms with Gasteiger partial charge < -0.3 is 15.8 Å². The summed E-state index contributed by atoms with van der Waals surface area (Å²) in [6.45, 7) is 5.95. The second-order valence-electron chi connectivity index (χ2n) is 5.18. The van der Waals surface area contributed by atoms with Gasteiger partial charge in [-0.2, -0.15) is 0 Å². The lowest BCUT2D eigenvalue weighted by molar-refractivity contribution is -0.117. The van der Waals surface area contributed by atoms with Gasteiger partial charge in [-0.15, -0.1) is 0 Å². The molecule has 5 heteroatoms. The Labute approximate surface area is 113 Å². The van der Waals surface area contributed by atoms with Crippen LogP contribution in [0.2, 0.25) is 0 Å². The number of amides is 2. The molecule has 0 saturated heterocycles. The van der Waals surface area contributed by atoms with Gasteiger partial charge >= 0.3 is 0 Å². The number of carbonyl (C=O) groups is 2. The van der Waals surface area contributed by atoms with Crippen molar-refractivity contribution in [2.75, 3.05) is 6.54 Å². The van der Waals surface area contributed by atoms with Crippen LogP contribution in [0.15, 0.2) is 24.3 Å². The van der Waals surface area contributed by atoms with E-state index in [-0.39, 0.29) is 24.5 Å². The lowest BCUT2D eigenvalue weighted by atomic mass is 10.1. The molecule has 1 rings (SSSR count). The maximum atomic E-state index is 12.0. The summed E-state index contributed by atoms with van der Waals surface area (Å²) < 4.78 is 5.73. The fraction of sp³-hybridized carbons (Fsp3) is 0.429. The van der Waals surface area contributed by atoms with Crippen molar-refractivity contribution < 1.29 is 14.3 Å². The molecule has 5 nitrogen and oxygen atoms in total. The molecular formula is C14H20N2O3. The smallest absolute Gasteiger partial charge is 0.255 e. The molecule has 3 N–H and O–H groups in total. The molecule has 104 valence electrons. The summed E-state index contributed by atoms with van der Waals surface area (Å²) in [4.78, 5) is 22.6. The first kappa shape index (κ1) is 15.0. The van der Waals surface area contributed by atoms with Crippen LogP contribution in [0.25, 0.3) is 0 Å². The molecule has 0 aromatic heterocycles. The van der Waals surface area contributed by atoms with Crippen LogP contribution in [0, 0.1) is 0 Å². The molecule has 19 heavy (non-hydrogen) atoms. The molecule has 0 heterocycles. The standard InChI is InChI=1S/C14H20N2O3/c1-14(2,3)19-11-7-5-4-6-10(11)13(18)16-9-8-12(15)17/h4-7H,8-9H2,1-3H3,(H2,15,17)(H,16,18). The van der Waals surface area contributed by atoms with E-state index >= 15 is 0 Å². The second kappa shape index (κ2) is 6.22. The number of nitrogens with one attached hydrogen (secondary N) is 1. The first-order valence-electron chi connectivity index (χ1n) is 6.14. The van der Waals surface area contributed by atoms with E-state index in [1.54, 1.807) is 24.3 Å². The van der Waals surface area contributed by atoms with Crippen molar-refractivity contribution >= 4 is 11.8 Å². The number of rotatable bonds is 5. The van der Waals surface area contributed by atoms with E-state index in [1.165, 1.54) is 0 Å². The monoisotopic (exact) mass is 264 g/mol. The van der Waals surface area contributed by atoms with Crippen molar-refractivity contribution in [3.8, 4) is 5.75 Å². The van der Waals surface area contributed by atoms with Crippen LogP contribution in [-0.4, -0.2) is 24.0 Å². The maximum Gasteiger partial charge on any atom is 0.255 e. The highest BCUT2D eigenvalue weighted by Gasteiger charge is 2.17. The summed E-state index contributed by atoms with van der Waals surface area (Å²) in [6, 6.07) is 6.99. The molecule has 0 saturated carbocycles. The van der Waals surface area contributed by atoms with Gasteiger partial charge in [0.15, 0.2) is 0 Å². The summed E-state index contributed by atoms with van der Waals surface area (Å²) in [5, 5.41) is 2.64. The molecular weight excluding hydrogens is 244 g/mol. The van der Waals surface area contributed by atoms with Gasteiger partial charge in [-0.05, 0) is 32.9 Å². The molecule has 0 aliphatic rings. The number of benzene rings is 1. The van der Waals surface area contributed by atoms with Crippen LogP contribution in [0.4, 0.5) is 0 Å². The molecule has 0 spiro atoms. The largest absolute Gasteiger partial charge is 0.487 e. The van der Waals surface area contributed by atoms with Crippen molar-refractivity contribution in [2.45, 2.75) is 32.8 Å². The molecule has 1 aromatic carbocycles. The lowest BCUT2D eigenvalue weighted by Gasteiger charge is -2.22. The van der Waals surface area contributed by atoms with Crippen LogP contribution in [-0.2, 0) is 4.79 Å². The SMILES string of the molecule is CC(C)(C)Oc1ccccc1C(=O)NCCC(N)=O. The Bertz CT molecular complexity index is 464. The second-order valence-corrected chi connectivity index (χ2v) is 5.18. The molecule has 0 unspecified atom stereocenters. The third-order valence-corrected chi connectivity index (χ3v) is 2.20. The van der Waals surface area contributed by atoms with Gasteiger partial charge in [-0.3, -0.25) is 9.59 Å². The summed E-state index contributed by atoms with van der Waals surface area (Å²) in [5.74, 6) is -0.202. The normalized spacial score (nSPS) is 10.9. The van der Waals surface area contributed by atoms with E-state index in [9.17, 15) is 9.59 Å².